The molecule has 6 rings (SSSR count). The van der Waals surface area contributed by atoms with E-state index in [1.165, 1.54) is 11.2 Å². The van der Waals surface area contributed by atoms with Crippen molar-refractivity contribution in [2.45, 2.75) is 18.9 Å². The summed E-state index contributed by atoms with van der Waals surface area (Å²) >= 11 is 6.54. The van der Waals surface area contributed by atoms with E-state index in [4.69, 9.17) is 39.4 Å². The highest BCUT2D eigenvalue weighted by Gasteiger charge is 2.24. The highest BCUT2D eigenvalue weighted by atomic mass is 35.5. The van der Waals surface area contributed by atoms with Crippen LogP contribution in [0.15, 0.2) is 30.6 Å². The van der Waals surface area contributed by atoms with E-state index in [9.17, 15) is 0 Å². The Morgan fingerprint density at radius 3 is 2.84 bits per heavy atom. The van der Waals surface area contributed by atoms with Crippen LogP contribution in [0.1, 0.15) is 17.0 Å². The van der Waals surface area contributed by atoms with Crippen LogP contribution in [0.4, 0.5) is 11.5 Å². The Bertz CT molecular complexity index is 1380. The molecule has 38 heavy (non-hydrogen) atoms. The molecule has 0 radical (unpaired) electrons. The summed E-state index contributed by atoms with van der Waals surface area (Å²) in [7, 11) is 0. The maximum absolute atomic E-state index is 7.61. The second-order valence-corrected chi connectivity index (χ2v) is 9.83. The predicted octanol–water partition coefficient (Wildman–Crippen LogP) is 3.94. The molecule has 0 saturated carbocycles. The van der Waals surface area contributed by atoms with E-state index in [0.29, 0.717) is 103 Å². The fourth-order valence-electron chi connectivity index (χ4n) is 4.82. The highest BCUT2D eigenvalue weighted by molar-refractivity contribution is 6.34. The predicted molar refractivity (Wildman–Crippen MR) is 144 cm³/mol. The number of piperazine rings is 1. The Balaban J connectivity index is 1.23. The molecule has 2 fully saturated rings. The van der Waals surface area contributed by atoms with Crippen molar-refractivity contribution in [3.63, 3.8) is 0 Å². The molecule has 0 aliphatic carbocycles. The van der Waals surface area contributed by atoms with Gasteiger partial charge in [-0.15, -0.1) is 0 Å². The van der Waals surface area contributed by atoms with Crippen LogP contribution in [0.2, 0.25) is 5.02 Å². The third kappa shape index (κ3) is 5.54. The van der Waals surface area contributed by atoms with Crippen LogP contribution in [0.3, 0.4) is 0 Å². The van der Waals surface area contributed by atoms with Crippen LogP contribution >= 0.6 is 11.6 Å². The fourth-order valence-corrected chi connectivity index (χ4v) is 5.02. The molecule has 11 heteroatoms. The number of anilines is 2. The summed E-state index contributed by atoms with van der Waals surface area (Å²) in [5.41, 5.74) is 1.20. The third-order valence-electron chi connectivity index (χ3n) is 6.92. The maximum atomic E-state index is 7.61. The molecular formula is C27H32ClN5O5. The number of halogens is 1. The van der Waals surface area contributed by atoms with Gasteiger partial charge in [-0.3, -0.25) is 4.90 Å². The van der Waals surface area contributed by atoms with Gasteiger partial charge in [0.1, 0.15) is 42.0 Å². The molecule has 2 saturated heterocycles. The van der Waals surface area contributed by atoms with Gasteiger partial charge in [0, 0.05) is 61.8 Å². The smallest absolute Gasteiger partial charge is 0.231 e. The second-order valence-electron chi connectivity index (χ2n) is 9.43. The molecule has 202 valence electrons. The number of aromatic nitrogens is 2. The van der Waals surface area contributed by atoms with Crippen LogP contribution < -0.4 is 24.3 Å². The summed E-state index contributed by atoms with van der Waals surface area (Å²) in [6.45, 7) is 2.84. The first-order chi connectivity index (χ1) is 19.8. The highest BCUT2D eigenvalue weighted by Crippen LogP contribution is 2.46. The number of hydrogen-bond donors (Lipinski definition) is 1. The van der Waals surface area contributed by atoms with Gasteiger partial charge in [-0.05, 0) is 19.1 Å². The number of nitrogens with zero attached hydrogens (tertiary/aromatic N) is 4. The lowest BCUT2D eigenvalue weighted by atomic mass is 10.1. The Labute approximate surface area is 230 Å². The molecule has 0 unspecified atom stereocenters. The van der Waals surface area contributed by atoms with Gasteiger partial charge < -0.3 is 33.9 Å². The number of rotatable bonds is 8. The van der Waals surface area contributed by atoms with E-state index in [1.54, 1.807) is 12.1 Å². The van der Waals surface area contributed by atoms with E-state index < -0.39 is 6.98 Å². The topological polar surface area (TPSA) is 90.4 Å². The van der Waals surface area contributed by atoms with Crippen molar-refractivity contribution in [2.24, 2.45) is 0 Å². The van der Waals surface area contributed by atoms with Crippen molar-refractivity contribution in [2.75, 3.05) is 71.6 Å². The number of benzene rings is 2. The summed E-state index contributed by atoms with van der Waals surface area (Å²) in [5, 5.41) is 4.49. The first-order valence-corrected chi connectivity index (χ1v) is 13.2. The zero-order valence-corrected chi connectivity index (χ0v) is 21.7. The van der Waals surface area contributed by atoms with Crippen LogP contribution in [0.5, 0.6) is 23.0 Å². The van der Waals surface area contributed by atoms with Gasteiger partial charge >= 0.3 is 0 Å². The van der Waals surface area contributed by atoms with E-state index >= 15 is 0 Å². The monoisotopic (exact) mass is 544 g/mol. The van der Waals surface area contributed by atoms with Gasteiger partial charge in [0.2, 0.25) is 6.79 Å². The van der Waals surface area contributed by atoms with E-state index in [1.807, 2.05) is 12.1 Å². The molecule has 1 N–H and O–H groups in total. The Hall–Kier alpha value is -3.05. The molecule has 0 bridgehead atoms. The molecule has 10 nitrogen and oxygen atoms in total. The van der Waals surface area contributed by atoms with Gasteiger partial charge in [0.05, 0.1) is 29.1 Å². The summed E-state index contributed by atoms with van der Waals surface area (Å²) in [6.07, 6.45) is 3.00. The minimum Gasteiger partial charge on any atom is -0.492 e. The first-order valence-electron chi connectivity index (χ1n) is 14.3. The zero-order valence-electron chi connectivity index (χ0n) is 24.0. The molecule has 1 aromatic heterocycles. The molecule has 4 heterocycles. The number of fused-ring (bicyclic) bond motifs is 2. The number of likely N-dealkylation sites (N-methyl/N-ethyl adjacent to an activating group) is 1. The van der Waals surface area contributed by atoms with Gasteiger partial charge in [0.15, 0.2) is 11.5 Å². The molecule has 3 aliphatic heterocycles. The van der Waals surface area contributed by atoms with Crippen LogP contribution in [0.25, 0.3) is 10.9 Å². The van der Waals surface area contributed by atoms with Gasteiger partial charge in [-0.2, -0.15) is 0 Å². The van der Waals surface area contributed by atoms with Crippen LogP contribution in [0, 0.1) is 0 Å². The average molecular weight is 545 g/mol. The Kier molecular flexibility index (Phi) is 6.53. The van der Waals surface area contributed by atoms with Crippen molar-refractivity contribution in [1.82, 2.24) is 19.8 Å². The molecule has 2 aromatic carbocycles. The lowest BCUT2D eigenvalue weighted by molar-refractivity contribution is 0.0261. The van der Waals surface area contributed by atoms with E-state index in [0.717, 1.165) is 12.8 Å². The minimum absolute atomic E-state index is 0.0222. The molecular weight excluding hydrogens is 510 g/mol. The Morgan fingerprint density at radius 1 is 1.13 bits per heavy atom. The fraction of sp³-hybridized carbons (Fsp3) is 0.481. The van der Waals surface area contributed by atoms with Gasteiger partial charge in [-0.25, -0.2) is 9.97 Å². The summed E-state index contributed by atoms with van der Waals surface area (Å²) in [5.74, 6) is 2.86. The van der Waals surface area contributed by atoms with Crippen molar-refractivity contribution in [3.8, 4) is 23.0 Å². The Morgan fingerprint density at radius 2 is 2.00 bits per heavy atom. The summed E-state index contributed by atoms with van der Waals surface area (Å²) in [4.78, 5) is 12.8. The standard InChI is InChI=1S/C27H32ClN5O5/c1-32-6-8-33(9-7-32)10-13-35-19-14-21-24(23(15-19)38-18-4-11-34-12-5-18)27(30-16-29-21)31-25-20(28)2-3-22-26(25)37-17-36-22/h2-3,14-16,18H,4-13,17H2,1H3,(H,29,30,31)/i1D3. The quantitative estimate of drug-likeness (QED) is 0.449. The number of ether oxygens (including phenoxy) is 5. The van der Waals surface area contributed by atoms with Crippen LogP contribution in [-0.4, -0.2) is 92.2 Å². The van der Waals surface area contributed by atoms with Crippen LogP contribution in [-0.2, 0) is 4.74 Å². The van der Waals surface area contributed by atoms with Crippen molar-refractivity contribution >= 4 is 34.0 Å². The first kappa shape index (κ1) is 21.8. The van der Waals surface area contributed by atoms with E-state index in [-0.39, 0.29) is 12.9 Å². The van der Waals surface area contributed by atoms with Gasteiger partial charge in [0.25, 0.3) is 0 Å². The zero-order chi connectivity index (χ0) is 28.4. The summed E-state index contributed by atoms with van der Waals surface area (Å²) < 4.78 is 52.2. The van der Waals surface area contributed by atoms with Crippen molar-refractivity contribution in [1.29, 1.82) is 0 Å². The normalized spacial score (nSPS) is 20.1. The number of nitrogens with one attached hydrogen (secondary N) is 1. The van der Waals surface area contributed by atoms with E-state index in [2.05, 4.69) is 20.2 Å². The molecule has 3 aromatic rings. The third-order valence-corrected chi connectivity index (χ3v) is 7.23. The maximum Gasteiger partial charge on any atom is 0.231 e. The van der Waals surface area contributed by atoms with Gasteiger partial charge in [-0.1, -0.05) is 11.6 Å². The summed E-state index contributed by atoms with van der Waals surface area (Å²) in [6, 6.07) is 7.25. The number of hydrogen-bond acceptors (Lipinski definition) is 10. The molecule has 0 atom stereocenters. The lowest BCUT2D eigenvalue weighted by Crippen LogP contribution is -2.45. The molecule has 0 spiro atoms. The molecule has 0 amide bonds. The van der Waals surface area contributed by atoms with Crippen molar-refractivity contribution in [3.05, 3.63) is 35.6 Å². The average Bonchev–Trinajstić information content (AvgIpc) is 3.44. The largest absolute Gasteiger partial charge is 0.492 e. The lowest BCUT2D eigenvalue weighted by Gasteiger charge is -2.32. The molecule has 3 aliphatic rings. The SMILES string of the molecule is [2H]C([2H])([2H])N1CCN(CCOc2cc(OC3CCOCC3)c3c(Nc4c(Cl)ccc5c4OCO5)ncnc3c2)CC1. The minimum atomic E-state index is -2.04. The second kappa shape index (κ2) is 11.4. The van der Waals surface area contributed by atoms with Crippen molar-refractivity contribution < 1.29 is 27.8 Å².